The minimum absolute atomic E-state index is 0.0410. The van der Waals surface area contributed by atoms with Crippen molar-refractivity contribution in [1.29, 1.82) is 0 Å². The first-order chi connectivity index (χ1) is 14.6. The molecule has 0 aliphatic carbocycles. The van der Waals surface area contributed by atoms with Crippen molar-refractivity contribution in [2.24, 2.45) is 0 Å². The van der Waals surface area contributed by atoms with E-state index >= 15 is 0 Å². The zero-order valence-electron chi connectivity index (χ0n) is 17.2. The number of hydrogen-bond acceptors (Lipinski definition) is 5. The number of methoxy groups -OCH3 is 1. The molecule has 0 bridgehead atoms. The molecule has 0 spiro atoms. The predicted octanol–water partition coefficient (Wildman–Crippen LogP) is 2.89. The summed E-state index contributed by atoms with van der Waals surface area (Å²) in [4.78, 5) is 16.7. The first-order valence-corrected chi connectivity index (χ1v) is 10.7. The van der Waals surface area contributed by atoms with E-state index in [1.807, 2.05) is 42.5 Å². The number of para-hydroxylation sites is 1. The second-order valence-corrected chi connectivity index (χ2v) is 8.43. The lowest BCUT2D eigenvalue weighted by Gasteiger charge is -2.41. The van der Waals surface area contributed by atoms with Crippen LogP contribution in [0.2, 0.25) is 0 Å². The second kappa shape index (κ2) is 7.69. The molecule has 3 fully saturated rings. The minimum atomic E-state index is -1.55. The number of fused-ring (bicyclic) bond motifs is 1. The standard InChI is InChI=1S/C24H28N2O4/c1-29-21-10-6-5-9-19(21)17-11-13-25(14-12-17)22-15-23(27)26-20(16-30-24(22,26)28)18-7-3-2-4-8-18/h2-10,17,20,22,28H,11-16H2,1H3/t20-,22?,24-/m1/s1. The predicted molar refractivity (Wildman–Crippen MR) is 112 cm³/mol. The van der Waals surface area contributed by atoms with E-state index in [-0.39, 0.29) is 18.0 Å². The monoisotopic (exact) mass is 408 g/mol. The minimum Gasteiger partial charge on any atom is -0.496 e. The van der Waals surface area contributed by atoms with Crippen LogP contribution in [0.1, 0.15) is 42.3 Å². The third-order valence-corrected chi connectivity index (χ3v) is 6.91. The molecule has 2 aromatic rings. The zero-order chi connectivity index (χ0) is 20.7. The van der Waals surface area contributed by atoms with Crippen LogP contribution < -0.4 is 4.74 Å². The molecular formula is C24H28N2O4. The fraction of sp³-hybridized carbons (Fsp3) is 0.458. The maximum absolute atomic E-state index is 12.9. The van der Waals surface area contributed by atoms with E-state index in [1.54, 1.807) is 12.0 Å². The van der Waals surface area contributed by atoms with E-state index in [4.69, 9.17) is 9.47 Å². The van der Waals surface area contributed by atoms with Gasteiger partial charge in [0.25, 0.3) is 5.91 Å². The second-order valence-electron chi connectivity index (χ2n) is 8.43. The fourth-order valence-electron chi connectivity index (χ4n) is 5.39. The fourth-order valence-corrected chi connectivity index (χ4v) is 5.39. The van der Waals surface area contributed by atoms with Crippen LogP contribution in [0.15, 0.2) is 54.6 Å². The Morgan fingerprint density at radius 2 is 1.77 bits per heavy atom. The lowest BCUT2D eigenvalue weighted by atomic mass is 9.88. The van der Waals surface area contributed by atoms with Gasteiger partial charge >= 0.3 is 0 Å². The van der Waals surface area contributed by atoms with Gasteiger partial charge in [-0.1, -0.05) is 48.5 Å². The molecule has 3 aliphatic heterocycles. The Kier molecular flexibility index (Phi) is 5.01. The molecule has 1 amide bonds. The van der Waals surface area contributed by atoms with E-state index < -0.39 is 5.91 Å². The third kappa shape index (κ3) is 3.11. The van der Waals surface area contributed by atoms with Crippen molar-refractivity contribution in [3.8, 4) is 5.75 Å². The SMILES string of the molecule is COc1ccccc1C1CCN(C2CC(=O)N3[C@@H](c4ccccc4)CO[C@]23O)CC1. The summed E-state index contributed by atoms with van der Waals surface area (Å²) >= 11 is 0. The van der Waals surface area contributed by atoms with Crippen molar-refractivity contribution in [2.45, 2.75) is 43.2 Å². The maximum Gasteiger partial charge on any atom is 0.269 e. The van der Waals surface area contributed by atoms with Gasteiger partial charge in [-0.15, -0.1) is 0 Å². The topological polar surface area (TPSA) is 62.2 Å². The van der Waals surface area contributed by atoms with Crippen LogP contribution in [-0.4, -0.2) is 59.6 Å². The van der Waals surface area contributed by atoms with E-state index in [0.29, 0.717) is 18.9 Å². The Morgan fingerprint density at radius 3 is 2.50 bits per heavy atom. The maximum atomic E-state index is 12.9. The normalized spacial score (nSPS) is 29.9. The smallest absolute Gasteiger partial charge is 0.269 e. The number of aliphatic hydroxyl groups is 1. The number of carbonyl (C=O) groups excluding carboxylic acids is 1. The Hall–Kier alpha value is -2.41. The molecule has 158 valence electrons. The highest BCUT2D eigenvalue weighted by Crippen LogP contribution is 2.46. The molecule has 5 rings (SSSR count). The zero-order valence-corrected chi connectivity index (χ0v) is 17.2. The molecule has 1 N–H and O–H groups in total. The van der Waals surface area contributed by atoms with Crippen molar-refractivity contribution in [3.63, 3.8) is 0 Å². The number of carbonyl (C=O) groups is 1. The van der Waals surface area contributed by atoms with Gasteiger partial charge in [0.2, 0.25) is 5.91 Å². The lowest BCUT2D eigenvalue weighted by molar-refractivity contribution is -0.256. The van der Waals surface area contributed by atoms with Gasteiger partial charge in [-0.25, -0.2) is 0 Å². The van der Waals surface area contributed by atoms with Crippen molar-refractivity contribution in [2.75, 3.05) is 26.8 Å². The Morgan fingerprint density at radius 1 is 1.07 bits per heavy atom. The van der Waals surface area contributed by atoms with Gasteiger partial charge in [-0.2, -0.15) is 0 Å². The highest BCUT2D eigenvalue weighted by Gasteiger charge is 2.62. The number of ether oxygens (including phenoxy) is 2. The van der Waals surface area contributed by atoms with Gasteiger partial charge in [0, 0.05) is 6.42 Å². The largest absolute Gasteiger partial charge is 0.496 e. The summed E-state index contributed by atoms with van der Waals surface area (Å²) in [6.07, 6.45) is 2.21. The van der Waals surface area contributed by atoms with Crippen LogP contribution in [0, 0.1) is 0 Å². The number of likely N-dealkylation sites (tertiary alicyclic amines) is 1. The summed E-state index contributed by atoms with van der Waals surface area (Å²) < 4.78 is 11.5. The lowest BCUT2D eigenvalue weighted by Crippen LogP contribution is -2.56. The molecule has 30 heavy (non-hydrogen) atoms. The molecule has 6 nitrogen and oxygen atoms in total. The summed E-state index contributed by atoms with van der Waals surface area (Å²) in [6, 6.07) is 17.4. The molecule has 3 saturated heterocycles. The van der Waals surface area contributed by atoms with Crippen LogP contribution in [0.5, 0.6) is 5.75 Å². The van der Waals surface area contributed by atoms with E-state index in [2.05, 4.69) is 17.0 Å². The summed E-state index contributed by atoms with van der Waals surface area (Å²) in [5.74, 6) is -0.237. The molecule has 3 heterocycles. The van der Waals surface area contributed by atoms with Crippen molar-refractivity contribution in [1.82, 2.24) is 9.80 Å². The van der Waals surface area contributed by atoms with E-state index in [9.17, 15) is 9.90 Å². The molecule has 3 aliphatic rings. The van der Waals surface area contributed by atoms with Gasteiger partial charge in [0.05, 0.1) is 25.8 Å². The Bertz CT molecular complexity index is 912. The van der Waals surface area contributed by atoms with Gasteiger partial charge in [-0.05, 0) is 49.0 Å². The molecule has 0 radical (unpaired) electrons. The number of amides is 1. The highest BCUT2D eigenvalue weighted by atomic mass is 16.7. The van der Waals surface area contributed by atoms with Crippen molar-refractivity contribution >= 4 is 5.91 Å². The van der Waals surface area contributed by atoms with Gasteiger partial charge in [0.1, 0.15) is 5.75 Å². The van der Waals surface area contributed by atoms with Crippen LogP contribution in [0.3, 0.4) is 0 Å². The van der Waals surface area contributed by atoms with Crippen molar-refractivity contribution < 1.29 is 19.4 Å². The number of hydrogen-bond donors (Lipinski definition) is 1. The van der Waals surface area contributed by atoms with E-state index in [0.717, 1.165) is 37.2 Å². The molecule has 0 aromatic heterocycles. The number of piperidine rings is 1. The first kappa shape index (κ1) is 19.5. The Balaban J connectivity index is 1.31. The summed E-state index contributed by atoms with van der Waals surface area (Å²) in [5.41, 5.74) is 2.24. The summed E-state index contributed by atoms with van der Waals surface area (Å²) in [7, 11) is 1.71. The van der Waals surface area contributed by atoms with Crippen LogP contribution >= 0.6 is 0 Å². The Labute approximate surface area is 177 Å². The molecule has 0 saturated carbocycles. The molecule has 2 aromatic carbocycles. The van der Waals surface area contributed by atoms with Crippen LogP contribution in [0.4, 0.5) is 0 Å². The van der Waals surface area contributed by atoms with Crippen LogP contribution in [0.25, 0.3) is 0 Å². The molecule has 6 heteroatoms. The highest BCUT2D eigenvalue weighted by molar-refractivity contribution is 5.81. The number of nitrogens with zero attached hydrogens (tertiary/aromatic N) is 2. The average molecular weight is 408 g/mol. The van der Waals surface area contributed by atoms with E-state index in [1.165, 1.54) is 5.56 Å². The van der Waals surface area contributed by atoms with Crippen LogP contribution in [-0.2, 0) is 9.53 Å². The van der Waals surface area contributed by atoms with Gasteiger partial charge < -0.3 is 14.6 Å². The number of benzene rings is 2. The molecule has 3 atom stereocenters. The van der Waals surface area contributed by atoms with Gasteiger partial charge in [-0.3, -0.25) is 14.6 Å². The molecular weight excluding hydrogens is 380 g/mol. The number of rotatable bonds is 4. The molecule has 1 unspecified atom stereocenters. The van der Waals surface area contributed by atoms with Gasteiger partial charge in [0.15, 0.2) is 0 Å². The average Bonchev–Trinajstić information content (AvgIpc) is 3.28. The quantitative estimate of drug-likeness (QED) is 0.843. The summed E-state index contributed by atoms with van der Waals surface area (Å²) in [6.45, 7) is 1.95. The third-order valence-electron chi connectivity index (χ3n) is 6.91. The first-order valence-electron chi connectivity index (χ1n) is 10.7. The summed E-state index contributed by atoms with van der Waals surface area (Å²) in [5, 5.41) is 11.4. The van der Waals surface area contributed by atoms with Crippen molar-refractivity contribution in [3.05, 3.63) is 65.7 Å².